The smallest absolute Gasteiger partial charge is 0.246 e. The number of nitrogens with zero attached hydrogens (tertiary/aromatic N) is 4. The number of hydrogen-bond donors (Lipinski definition) is 1. The van der Waals surface area contributed by atoms with Crippen LogP contribution in [0.5, 0.6) is 11.6 Å². The van der Waals surface area contributed by atoms with E-state index in [0.29, 0.717) is 23.2 Å². The molecule has 6 nitrogen and oxygen atoms in total. The minimum Gasteiger partial charge on any atom is -0.437 e. The van der Waals surface area contributed by atoms with Gasteiger partial charge in [0.25, 0.3) is 0 Å². The molecule has 1 aliphatic rings. The van der Waals surface area contributed by atoms with Crippen LogP contribution in [-0.4, -0.2) is 19.8 Å². The molecule has 2 aromatic carbocycles. The normalized spacial score (nSPS) is 14.9. The van der Waals surface area contributed by atoms with E-state index in [0.717, 1.165) is 16.7 Å². The van der Waals surface area contributed by atoms with E-state index in [1.54, 1.807) is 12.1 Å². The molecule has 4 aromatic rings. The number of ether oxygens (including phenoxy) is 1. The van der Waals surface area contributed by atoms with E-state index in [-0.39, 0.29) is 11.3 Å². The fourth-order valence-electron chi connectivity index (χ4n) is 3.33. The second-order valence-corrected chi connectivity index (χ2v) is 7.34. The van der Waals surface area contributed by atoms with Gasteiger partial charge in [-0.2, -0.15) is 4.52 Å². The minimum absolute atomic E-state index is 0.0572. The first kappa shape index (κ1) is 17.2. The first-order valence-corrected chi connectivity index (χ1v) is 9.57. The van der Waals surface area contributed by atoms with Crippen molar-refractivity contribution >= 4 is 17.2 Å². The van der Waals surface area contributed by atoms with E-state index in [1.165, 1.54) is 17.4 Å². The summed E-state index contributed by atoms with van der Waals surface area (Å²) in [4.78, 5) is 0. The lowest BCUT2D eigenvalue weighted by molar-refractivity contribution is 0.453. The summed E-state index contributed by atoms with van der Waals surface area (Å²) in [5.74, 6) is 1.69. The number of halogens is 1. The molecule has 0 spiro atoms. The third-order valence-electron chi connectivity index (χ3n) is 5.02. The topological polar surface area (TPSA) is 78.3 Å². The number of fused-ring (bicyclic) bond motifs is 1. The quantitative estimate of drug-likeness (QED) is 0.535. The maximum absolute atomic E-state index is 6.43. The monoisotopic (exact) mass is 391 g/mol. The van der Waals surface area contributed by atoms with E-state index >= 15 is 0 Å². The van der Waals surface area contributed by atoms with Crippen LogP contribution in [-0.2, 0) is 0 Å². The van der Waals surface area contributed by atoms with Crippen molar-refractivity contribution in [3.8, 4) is 22.8 Å². The van der Waals surface area contributed by atoms with Crippen LogP contribution in [0.1, 0.15) is 24.4 Å². The van der Waals surface area contributed by atoms with Crippen molar-refractivity contribution in [1.82, 2.24) is 19.8 Å². The highest BCUT2D eigenvalue weighted by molar-refractivity contribution is 6.28. The van der Waals surface area contributed by atoms with Crippen LogP contribution >= 0.6 is 11.6 Å². The van der Waals surface area contributed by atoms with Gasteiger partial charge < -0.3 is 10.5 Å². The molecule has 1 unspecified atom stereocenters. The Morgan fingerprint density at radius 2 is 1.86 bits per heavy atom. The molecular weight excluding hydrogens is 374 g/mol. The van der Waals surface area contributed by atoms with Gasteiger partial charge in [0, 0.05) is 17.7 Å². The summed E-state index contributed by atoms with van der Waals surface area (Å²) in [7, 11) is 0. The molecule has 0 aliphatic heterocycles. The van der Waals surface area contributed by atoms with Crippen LogP contribution in [0, 0.1) is 5.92 Å². The molecular formula is C21H18ClN5O. The zero-order valence-corrected chi connectivity index (χ0v) is 15.8. The number of hydrogen-bond acceptors (Lipinski definition) is 5. The average Bonchev–Trinajstić information content (AvgIpc) is 3.52. The number of benzene rings is 2. The van der Waals surface area contributed by atoms with Gasteiger partial charge in [-0.1, -0.05) is 36.4 Å². The third-order valence-corrected chi connectivity index (χ3v) is 5.25. The van der Waals surface area contributed by atoms with Gasteiger partial charge in [-0.3, -0.25) is 0 Å². The van der Waals surface area contributed by atoms with Crippen LogP contribution in [0.4, 0.5) is 0 Å². The Bertz CT molecular complexity index is 1140. The molecule has 0 amide bonds. The summed E-state index contributed by atoms with van der Waals surface area (Å²) in [6.07, 6.45) is 2.40. The lowest BCUT2D eigenvalue weighted by atomic mass is 9.97. The molecule has 1 fully saturated rings. The maximum Gasteiger partial charge on any atom is 0.246 e. The zero-order chi connectivity index (χ0) is 19.1. The summed E-state index contributed by atoms with van der Waals surface area (Å²) in [5.41, 5.74) is 10.2. The van der Waals surface area contributed by atoms with Gasteiger partial charge in [0.2, 0.25) is 11.2 Å². The molecule has 0 saturated heterocycles. The average molecular weight is 392 g/mol. The summed E-state index contributed by atoms with van der Waals surface area (Å²) in [6, 6.07) is 19.8. The first-order valence-electron chi connectivity index (χ1n) is 9.20. The van der Waals surface area contributed by atoms with Gasteiger partial charge in [0.05, 0.1) is 0 Å². The predicted molar refractivity (Wildman–Crippen MR) is 107 cm³/mol. The molecule has 1 atom stereocenters. The Kier molecular flexibility index (Phi) is 4.22. The molecule has 0 radical (unpaired) electrons. The van der Waals surface area contributed by atoms with E-state index in [4.69, 9.17) is 22.1 Å². The Morgan fingerprint density at radius 1 is 1.04 bits per heavy atom. The van der Waals surface area contributed by atoms with Crippen molar-refractivity contribution < 1.29 is 4.74 Å². The van der Waals surface area contributed by atoms with Crippen LogP contribution in [0.15, 0.2) is 60.7 Å². The van der Waals surface area contributed by atoms with Crippen LogP contribution < -0.4 is 10.5 Å². The SMILES string of the molecule is NC(c1ccc(Oc2ccc3nnc(Cl)n3n2)c(-c2ccccc2)c1)C1CC1. The summed E-state index contributed by atoms with van der Waals surface area (Å²) < 4.78 is 7.56. The van der Waals surface area contributed by atoms with E-state index in [2.05, 4.69) is 33.5 Å². The molecule has 0 bridgehead atoms. The maximum atomic E-state index is 6.43. The van der Waals surface area contributed by atoms with Gasteiger partial charge in [-0.15, -0.1) is 15.3 Å². The van der Waals surface area contributed by atoms with Gasteiger partial charge >= 0.3 is 0 Å². The van der Waals surface area contributed by atoms with Crippen molar-refractivity contribution in [2.24, 2.45) is 11.7 Å². The molecule has 1 saturated carbocycles. The van der Waals surface area contributed by atoms with E-state index < -0.39 is 0 Å². The highest BCUT2D eigenvalue weighted by Crippen LogP contribution is 2.42. The molecule has 2 aromatic heterocycles. The van der Waals surface area contributed by atoms with Crippen molar-refractivity contribution in [1.29, 1.82) is 0 Å². The van der Waals surface area contributed by atoms with Crippen LogP contribution in [0.3, 0.4) is 0 Å². The summed E-state index contributed by atoms with van der Waals surface area (Å²) in [6.45, 7) is 0. The van der Waals surface area contributed by atoms with Crippen molar-refractivity contribution in [3.63, 3.8) is 0 Å². The molecule has 2 heterocycles. The molecule has 7 heteroatoms. The lowest BCUT2D eigenvalue weighted by Gasteiger charge is -2.16. The van der Waals surface area contributed by atoms with Gasteiger partial charge in [-0.05, 0) is 59.7 Å². The van der Waals surface area contributed by atoms with Crippen molar-refractivity contribution in [3.05, 3.63) is 71.5 Å². The van der Waals surface area contributed by atoms with Gasteiger partial charge in [0.15, 0.2) is 5.65 Å². The summed E-state index contributed by atoms with van der Waals surface area (Å²) >= 11 is 6.02. The Balaban J connectivity index is 1.56. The molecule has 140 valence electrons. The molecule has 2 N–H and O–H groups in total. The number of rotatable bonds is 5. The largest absolute Gasteiger partial charge is 0.437 e. The highest BCUT2D eigenvalue weighted by Gasteiger charge is 2.30. The van der Waals surface area contributed by atoms with Crippen molar-refractivity contribution in [2.75, 3.05) is 0 Å². The van der Waals surface area contributed by atoms with E-state index in [9.17, 15) is 0 Å². The highest BCUT2D eigenvalue weighted by atomic mass is 35.5. The van der Waals surface area contributed by atoms with E-state index in [1.807, 2.05) is 30.3 Å². The third kappa shape index (κ3) is 3.21. The van der Waals surface area contributed by atoms with Gasteiger partial charge in [0.1, 0.15) is 5.75 Å². The minimum atomic E-state index is 0.0572. The summed E-state index contributed by atoms with van der Waals surface area (Å²) in [5, 5.41) is 12.3. The van der Waals surface area contributed by atoms with Crippen LogP contribution in [0.2, 0.25) is 5.28 Å². The second kappa shape index (κ2) is 6.89. The van der Waals surface area contributed by atoms with Crippen LogP contribution in [0.25, 0.3) is 16.8 Å². The standard InChI is InChI=1S/C21H18ClN5O/c22-21-25-24-18-10-11-19(26-27(18)21)28-17-9-8-15(20(23)14-6-7-14)12-16(17)13-4-2-1-3-5-13/h1-5,8-12,14,20H,6-7,23H2. The fourth-order valence-corrected chi connectivity index (χ4v) is 3.49. The molecule has 28 heavy (non-hydrogen) atoms. The fraction of sp³-hybridized carbons (Fsp3) is 0.190. The molecule has 5 rings (SSSR count). The van der Waals surface area contributed by atoms with Crippen molar-refractivity contribution in [2.45, 2.75) is 18.9 Å². The Morgan fingerprint density at radius 3 is 2.64 bits per heavy atom. The van der Waals surface area contributed by atoms with Gasteiger partial charge in [-0.25, -0.2) is 0 Å². The lowest BCUT2D eigenvalue weighted by Crippen LogP contribution is -2.12. The number of nitrogens with two attached hydrogens (primary N) is 1. The second-order valence-electron chi connectivity index (χ2n) is 7.00. The zero-order valence-electron chi connectivity index (χ0n) is 15.0. The Labute approximate surface area is 166 Å². The first-order chi connectivity index (χ1) is 13.7. The molecule has 1 aliphatic carbocycles. The number of aromatic nitrogens is 4. The predicted octanol–water partition coefficient (Wildman–Crippen LogP) is 4.65. The Hall–Kier alpha value is -2.96.